The molecule has 1 aromatic rings. The van der Waals surface area contributed by atoms with Crippen LogP contribution in [-0.4, -0.2) is 12.5 Å². The molecule has 0 saturated heterocycles. The molecular formula is C15H19ClO. The molecule has 0 fully saturated rings. The Bertz CT molecular complexity index is 423. The van der Waals surface area contributed by atoms with E-state index in [9.17, 15) is 0 Å². The summed E-state index contributed by atoms with van der Waals surface area (Å²) in [4.78, 5) is 0. The first-order valence-electron chi connectivity index (χ1n) is 6.20. The van der Waals surface area contributed by atoms with Crippen molar-refractivity contribution in [2.45, 2.75) is 38.0 Å². The van der Waals surface area contributed by atoms with Gasteiger partial charge in [0.15, 0.2) is 0 Å². The average Bonchev–Trinajstić information content (AvgIpc) is 2.53. The first kappa shape index (κ1) is 12.5. The summed E-state index contributed by atoms with van der Waals surface area (Å²) in [5.41, 5.74) is 3.97. The van der Waals surface area contributed by atoms with Gasteiger partial charge in [-0.1, -0.05) is 18.6 Å². The van der Waals surface area contributed by atoms with E-state index in [-0.39, 0.29) is 5.38 Å². The number of methoxy groups -OCH3 is 1. The summed E-state index contributed by atoms with van der Waals surface area (Å²) < 4.78 is 5.24. The second kappa shape index (κ2) is 5.59. The molecule has 1 aliphatic rings. The third kappa shape index (κ3) is 3.04. The van der Waals surface area contributed by atoms with Gasteiger partial charge in [-0.3, -0.25) is 0 Å². The Kier molecular flexibility index (Phi) is 4.11. The van der Waals surface area contributed by atoms with Crippen LogP contribution < -0.4 is 4.74 Å². The Morgan fingerprint density at radius 3 is 2.82 bits per heavy atom. The number of aryl methyl sites for hydroxylation is 1. The summed E-state index contributed by atoms with van der Waals surface area (Å²) >= 11 is 6.28. The van der Waals surface area contributed by atoms with Crippen LogP contribution in [0.25, 0.3) is 5.57 Å². The second-order valence-corrected chi connectivity index (χ2v) is 5.20. The van der Waals surface area contributed by atoms with E-state index in [4.69, 9.17) is 16.3 Å². The van der Waals surface area contributed by atoms with Gasteiger partial charge in [0, 0.05) is 0 Å². The van der Waals surface area contributed by atoms with Gasteiger partial charge in [0.05, 0.1) is 12.5 Å². The first-order valence-corrected chi connectivity index (χ1v) is 6.64. The number of hydrogen-bond acceptors (Lipinski definition) is 1. The standard InChI is InChI=1S/C15H19ClO/c1-11-9-14(17-2)7-8-15(11)12-5-3-4-6-13(16)10-12/h7-10,13H,3-6H2,1-2H3. The van der Waals surface area contributed by atoms with Gasteiger partial charge in [0.1, 0.15) is 5.75 Å². The average molecular weight is 251 g/mol. The van der Waals surface area contributed by atoms with Gasteiger partial charge in [-0.25, -0.2) is 0 Å². The van der Waals surface area contributed by atoms with Crippen molar-refractivity contribution in [2.24, 2.45) is 0 Å². The van der Waals surface area contributed by atoms with Gasteiger partial charge in [0.25, 0.3) is 0 Å². The van der Waals surface area contributed by atoms with E-state index in [0.29, 0.717) is 0 Å². The molecule has 0 saturated carbocycles. The van der Waals surface area contributed by atoms with Crippen molar-refractivity contribution >= 4 is 17.2 Å². The molecule has 2 heteroatoms. The second-order valence-electron chi connectivity index (χ2n) is 4.63. The van der Waals surface area contributed by atoms with Crippen LogP contribution in [0.15, 0.2) is 24.3 Å². The van der Waals surface area contributed by atoms with E-state index < -0.39 is 0 Å². The monoisotopic (exact) mass is 250 g/mol. The molecule has 0 bridgehead atoms. The maximum atomic E-state index is 6.28. The summed E-state index contributed by atoms with van der Waals surface area (Å²) in [6, 6.07) is 6.26. The lowest BCUT2D eigenvalue weighted by molar-refractivity contribution is 0.414. The molecule has 2 rings (SSSR count). The van der Waals surface area contributed by atoms with Gasteiger partial charge < -0.3 is 4.74 Å². The lowest BCUT2D eigenvalue weighted by atomic mass is 9.97. The topological polar surface area (TPSA) is 9.23 Å². The maximum Gasteiger partial charge on any atom is 0.119 e. The van der Waals surface area contributed by atoms with E-state index in [1.54, 1.807) is 7.11 Å². The van der Waals surface area contributed by atoms with Crippen molar-refractivity contribution in [1.29, 1.82) is 0 Å². The fourth-order valence-corrected chi connectivity index (χ4v) is 2.69. The molecule has 0 aromatic heterocycles. The summed E-state index contributed by atoms with van der Waals surface area (Å²) in [5.74, 6) is 0.919. The fourth-order valence-electron chi connectivity index (χ4n) is 2.39. The van der Waals surface area contributed by atoms with E-state index >= 15 is 0 Å². The van der Waals surface area contributed by atoms with Crippen molar-refractivity contribution < 1.29 is 4.74 Å². The summed E-state index contributed by atoms with van der Waals surface area (Å²) in [6.07, 6.45) is 6.92. The molecule has 1 nitrogen and oxygen atoms in total. The van der Waals surface area contributed by atoms with Gasteiger partial charge >= 0.3 is 0 Å². The van der Waals surface area contributed by atoms with Crippen LogP contribution in [0.2, 0.25) is 0 Å². The third-order valence-corrected chi connectivity index (χ3v) is 3.68. The molecular weight excluding hydrogens is 232 g/mol. The zero-order valence-electron chi connectivity index (χ0n) is 10.5. The Labute approximate surface area is 108 Å². The number of hydrogen-bond donors (Lipinski definition) is 0. The molecule has 0 amide bonds. The van der Waals surface area contributed by atoms with E-state index in [1.807, 2.05) is 6.07 Å². The zero-order valence-corrected chi connectivity index (χ0v) is 11.3. The number of benzene rings is 1. The SMILES string of the molecule is COc1ccc(C2=CC(Cl)CCCC2)c(C)c1. The van der Waals surface area contributed by atoms with E-state index in [2.05, 4.69) is 25.1 Å². The predicted octanol–water partition coefficient (Wildman–Crippen LogP) is 4.57. The quantitative estimate of drug-likeness (QED) is 0.699. The molecule has 1 atom stereocenters. The lowest BCUT2D eigenvalue weighted by Crippen LogP contribution is -1.94. The first-order chi connectivity index (χ1) is 8.20. The Morgan fingerprint density at radius 2 is 2.12 bits per heavy atom. The highest BCUT2D eigenvalue weighted by molar-refractivity contribution is 6.22. The molecule has 0 spiro atoms. The largest absolute Gasteiger partial charge is 0.497 e. The van der Waals surface area contributed by atoms with Crippen molar-refractivity contribution in [3.63, 3.8) is 0 Å². The van der Waals surface area contributed by atoms with Crippen molar-refractivity contribution in [3.8, 4) is 5.75 Å². The van der Waals surface area contributed by atoms with Crippen molar-refractivity contribution in [1.82, 2.24) is 0 Å². The summed E-state index contributed by atoms with van der Waals surface area (Å²) in [6.45, 7) is 2.13. The number of alkyl halides is 1. The highest BCUT2D eigenvalue weighted by atomic mass is 35.5. The molecule has 17 heavy (non-hydrogen) atoms. The van der Waals surface area contributed by atoms with Gasteiger partial charge in [-0.15, -0.1) is 11.6 Å². The fraction of sp³-hybridized carbons (Fsp3) is 0.467. The highest BCUT2D eigenvalue weighted by Gasteiger charge is 2.12. The van der Waals surface area contributed by atoms with Crippen LogP contribution in [0.1, 0.15) is 36.8 Å². The summed E-state index contributed by atoms with van der Waals surface area (Å²) in [7, 11) is 1.70. The smallest absolute Gasteiger partial charge is 0.119 e. The molecule has 0 heterocycles. The lowest BCUT2D eigenvalue weighted by Gasteiger charge is -2.11. The normalized spacial score (nSPS) is 20.6. The maximum absolute atomic E-state index is 6.28. The predicted molar refractivity (Wildman–Crippen MR) is 73.8 cm³/mol. The van der Waals surface area contributed by atoms with Crippen LogP contribution in [0.5, 0.6) is 5.75 Å². The molecule has 0 aliphatic heterocycles. The Hall–Kier alpha value is -0.950. The molecule has 1 aromatic carbocycles. The van der Waals surface area contributed by atoms with Gasteiger partial charge in [-0.2, -0.15) is 0 Å². The number of halogens is 1. The van der Waals surface area contributed by atoms with Crippen LogP contribution in [0.4, 0.5) is 0 Å². The van der Waals surface area contributed by atoms with Crippen LogP contribution >= 0.6 is 11.6 Å². The minimum absolute atomic E-state index is 0.189. The number of allylic oxidation sites excluding steroid dienone is 2. The van der Waals surface area contributed by atoms with E-state index in [0.717, 1.165) is 18.6 Å². The van der Waals surface area contributed by atoms with Crippen molar-refractivity contribution in [2.75, 3.05) is 7.11 Å². The molecule has 92 valence electrons. The van der Waals surface area contributed by atoms with E-state index in [1.165, 1.54) is 29.5 Å². The van der Waals surface area contributed by atoms with Crippen molar-refractivity contribution in [3.05, 3.63) is 35.4 Å². The number of rotatable bonds is 2. The minimum atomic E-state index is 0.189. The molecule has 1 unspecified atom stereocenters. The van der Waals surface area contributed by atoms with Crippen LogP contribution in [0, 0.1) is 6.92 Å². The molecule has 0 radical (unpaired) electrons. The zero-order chi connectivity index (χ0) is 12.3. The highest BCUT2D eigenvalue weighted by Crippen LogP contribution is 2.31. The molecule has 1 aliphatic carbocycles. The Morgan fingerprint density at radius 1 is 1.29 bits per heavy atom. The third-order valence-electron chi connectivity index (χ3n) is 3.34. The molecule has 0 N–H and O–H groups in total. The Balaban J connectivity index is 2.32. The van der Waals surface area contributed by atoms with Crippen LogP contribution in [0.3, 0.4) is 0 Å². The summed E-state index contributed by atoms with van der Waals surface area (Å²) in [5, 5.41) is 0.189. The minimum Gasteiger partial charge on any atom is -0.497 e. The number of ether oxygens (including phenoxy) is 1. The van der Waals surface area contributed by atoms with Gasteiger partial charge in [-0.05, 0) is 55.0 Å². The van der Waals surface area contributed by atoms with Gasteiger partial charge in [0.2, 0.25) is 0 Å². The van der Waals surface area contributed by atoms with Crippen LogP contribution in [-0.2, 0) is 0 Å².